The molecular weight excluding hydrogens is 379 g/mol. The fraction of sp³-hybridized carbons (Fsp3) is 0.211. The number of fused-ring (bicyclic) bond motifs is 1. The zero-order valence-corrected chi connectivity index (χ0v) is 14.5. The lowest BCUT2D eigenvalue weighted by Gasteiger charge is -2.28. The van der Waals surface area contributed by atoms with E-state index in [2.05, 4.69) is 4.74 Å². The Balaban J connectivity index is 1.99. The van der Waals surface area contributed by atoms with Gasteiger partial charge in [-0.15, -0.1) is 0 Å². The number of anilines is 1. The van der Waals surface area contributed by atoms with E-state index >= 15 is 0 Å². The van der Waals surface area contributed by atoms with Crippen LogP contribution in [0, 0.1) is 0 Å². The first-order valence-electron chi connectivity index (χ1n) is 8.17. The van der Waals surface area contributed by atoms with Gasteiger partial charge in [-0.3, -0.25) is 9.59 Å². The number of hydrogen-bond donors (Lipinski definition) is 1. The summed E-state index contributed by atoms with van der Waals surface area (Å²) in [5.41, 5.74) is -4.31. The molecule has 0 spiro atoms. The first-order chi connectivity index (χ1) is 13.1. The third-order valence-electron chi connectivity index (χ3n) is 4.32. The Kier molecular flexibility index (Phi) is 4.72. The van der Waals surface area contributed by atoms with E-state index < -0.39 is 35.1 Å². The van der Waals surface area contributed by atoms with Gasteiger partial charge in [0.2, 0.25) is 0 Å². The highest BCUT2D eigenvalue weighted by molar-refractivity contribution is 6.34. The van der Waals surface area contributed by atoms with E-state index in [1.54, 1.807) is 12.1 Å². The van der Waals surface area contributed by atoms with Crippen LogP contribution in [0.1, 0.15) is 33.2 Å². The van der Waals surface area contributed by atoms with Gasteiger partial charge >= 0.3 is 12.1 Å². The van der Waals surface area contributed by atoms with Gasteiger partial charge in [0.05, 0.1) is 23.4 Å². The molecule has 1 heterocycles. The molecule has 9 heteroatoms. The maximum Gasteiger partial charge on any atom is 0.432 e. The molecule has 1 N–H and O–H groups in total. The molecule has 0 unspecified atom stereocenters. The number of benzene rings is 2. The minimum atomic E-state index is -5.34. The van der Waals surface area contributed by atoms with E-state index in [-0.39, 0.29) is 23.4 Å². The SMILES string of the molecule is CCOC(=O)[C@@](O)(c1ccc(N2C(=O)c3ccccc3C2=O)cc1)C(F)(F)F. The highest BCUT2D eigenvalue weighted by Crippen LogP contribution is 2.41. The molecule has 0 saturated heterocycles. The molecule has 2 aromatic rings. The third kappa shape index (κ3) is 2.84. The molecule has 1 aliphatic rings. The molecule has 0 fully saturated rings. The van der Waals surface area contributed by atoms with Gasteiger partial charge in [0, 0.05) is 5.56 Å². The summed E-state index contributed by atoms with van der Waals surface area (Å²) >= 11 is 0. The van der Waals surface area contributed by atoms with Crippen molar-refractivity contribution in [2.24, 2.45) is 0 Å². The Morgan fingerprint density at radius 3 is 1.93 bits per heavy atom. The van der Waals surface area contributed by atoms with Gasteiger partial charge < -0.3 is 9.84 Å². The van der Waals surface area contributed by atoms with Gasteiger partial charge in [0.1, 0.15) is 0 Å². The fourth-order valence-electron chi connectivity index (χ4n) is 2.91. The highest BCUT2D eigenvalue weighted by Gasteiger charge is 2.62. The molecule has 1 atom stereocenters. The van der Waals surface area contributed by atoms with Crippen molar-refractivity contribution in [2.45, 2.75) is 18.7 Å². The number of nitrogens with zero attached hydrogens (tertiary/aromatic N) is 1. The Morgan fingerprint density at radius 2 is 1.50 bits per heavy atom. The van der Waals surface area contributed by atoms with Crippen LogP contribution in [0.4, 0.5) is 18.9 Å². The fourth-order valence-corrected chi connectivity index (χ4v) is 2.91. The monoisotopic (exact) mass is 393 g/mol. The molecule has 0 aliphatic carbocycles. The molecule has 0 aromatic heterocycles. The van der Waals surface area contributed by atoms with Crippen molar-refractivity contribution in [3.8, 4) is 0 Å². The van der Waals surface area contributed by atoms with Gasteiger partial charge in [-0.05, 0) is 31.2 Å². The molecule has 0 radical (unpaired) electrons. The molecule has 2 aromatic carbocycles. The van der Waals surface area contributed by atoms with Gasteiger partial charge in [-0.25, -0.2) is 9.69 Å². The van der Waals surface area contributed by atoms with E-state index in [1.807, 2.05) is 0 Å². The molecule has 0 saturated carbocycles. The van der Waals surface area contributed by atoms with Crippen molar-refractivity contribution in [1.82, 2.24) is 0 Å². The second-order valence-electron chi connectivity index (χ2n) is 5.97. The molecule has 6 nitrogen and oxygen atoms in total. The number of amides is 2. The Labute approximate surface area is 157 Å². The van der Waals surface area contributed by atoms with Crippen molar-refractivity contribution in [3.63, 3.8) is 0 Å². The van der Waals surface area contributed by atoms with Crippen molar-refractivity contribution >= 4 is 23.5 Å². The molecule has 146 valence electrons. The number of esters is 1. The third-order valence-corrected chi connectivity index (χ3v) is 4.32. The van der Waals surface area contributed by atoms with Crippen molar-refractivity contribution in [3.05, 3.63) is 65.2 Å². The number of rotatable bonds is 4. The zero-order valence-electron chi connectivity index (χ0n) is 14.5. The molecule has 3 rings (SSSR count). The predicted octanol–water partition coefficient (Wildman–Crippen LogP) is 2.80. The first kappa shape index (κ1) is 19.6. The van der Waals surface area contributed by atoms with Crippen molar-refractivity contribution in [1.29, 1.82) is 0 Å². The number of aliphatic hydroxyl groups is 1. The van der Waals surface area contributed by atoms with Crippen LogP contribution >= 0.6 is 0 Å². The van der Waals surface area contributed by atoms with E-state index in [0.29, 0.717) is 0 Å². The molecule has 2 amide bonds. The lowest BCUT2D eigenvalue weighted by molar-refractivity contribution is -0.267. The highest BCUT2D eigenvalue weighted by atomic mass is 19.4. The van der Waals surface area contributed by atoms with Gasteiger partial charge in [0.15, 0.2) is 0 Å². The van der Waals surface area contributed by atoms with E-state index in [4.69, 9.17) is 0 Å². The lowest BCUT2D eigenvalue weighted by Crippen LogP contribution is -2.50. The molecule has 28 heavy (non-hydrogen) atoms. The van der Waals surface area contributed by atoms with E-state index in [9.17, 15) is 32.7 Å². The van der Waals surface area contributed by atoms with E-state index in [1.165, 1.54) is 19.1 Å². The Bertz CT molecular complexity index is 920. The smallest absolute Gasteiger partial charge is 0.432 e. The summed E-state index contributed by atoms with van der Waals surface area (Å²) in [6.45, 7) is 0.949. The molecule has 0 bridgehead atoms. The van der Waals surface area contributed by atoms with Crippen LogP contribution in [-0.4, -0.2) is 35.7 Å². The Hall–Kier alpha value is -3.20. The molecule has 1 aliphatic heterocycles. The first-order valence-corrected chi connectivity index (χ1v) is 8.17. The largest absolute Gasteiger partial charge is 0.463 e. The Morgan fingerprint density at radius 1 is 1.00 bits per heavy atom. The van der Waals surface area contributed by atoms with Crippen LogP contribution in [0.5, 0.6) is 0 Å². The number of carbonyl (C=O) groups is 3. The average Bonchev–Trinajstić information content (AvgIpc) is 2.91. The summed E-state index contributed by atoms with van der Waals surface area (Å²) in [6, 6.07) is 9.84. The summed E-state index contributed by atoms with van der Waals surface area (Å²) in [5, 5.41) is 10.1. The summed E-state index contributed by atoms with van der Waals surface area (Å²) in [7, 11) is 0. The number of imide groups is 1. The normalized spacial score (nSPS) is 16.0. The van der Waals surface area contributed by atoms with Crippen LogP contribution in [0.15, 0.2) is 48.5 Å². The number of halogens is 3. The summed E-state index contributed by atoms with van der Waals surface area (Å²) in [5.74, 6) is -3.11. The van der Waals surface area contributed by atoms with E-state index in [0.717, 1.165) is 29.2 Å². The van der Waals surface area contributed by atoms with Crippen LogP contribution < -0.4 is 4.90 Å². The number of carbonyl (C=O) groups excluding carboxylic acids is 3. The standard InChI is InChI=1S/C19H14F3NO5/c1-2-28-17(26)18(27,19(20,21)22)11-7-9-12(10-8-11)23-15(24)13-5-3-4-6-14(13)16(23)25/h3-10,27H,2H2,1H3/t18-/m0/s1. The number of ether oxygens (including phenoxy) is 1. The average molecular weight is 393 g/mol. The summed E-state index contributed by atoms with van der Waals surface area (Å²) in [4.78, 5) is 37.5. The predicted molar refractivity (Wildman–Crippen MR) is 90.6 cm³/mol. The van der Waals surface area contributed by atoms with Crippen LogP contribution in [0.3, 0.4) is 0 Å². The van der Waals surface area contributed by atoms with Crippen LogP contribution in [0.2, 0.25) is 0 Å². The van der Waals surface area contributed by atoms with Crippen LogP contribution in [-0.2, 0) is 15.1 Å². The maximum absolute atomic E-state index is 13.4. The van der Waals surface area contributed by atoms with Crippen molar-refractivity contribution in [2.75, 3.05) is 11.5 Å². The maximum atomic E-state index is 13.4. The second-order valence-corrected chi connectivity index (χ2v) is 5.97. The van der Waals surface area contributed by atoms with Gasteiger partial charge in [0.25, 0.3) is 17.4 Å². The lowest BCUT2D eigenvalue weighted by atomic mass is 9.93. The van der Waals surface area contributed by atoms with Gasteiger partial charge in [-0.2, -0.15) is 13.2 Å². The summed E-state index contributed by atoms with van der Waals surface area (Å²) in [6.07, 6.45) is -5.34. The quantitative estimate of drug-likeness (QED) is 0.638. The van der Waals surface area contributed by atoms with Crippen LogP contribution in [0.25, 0.3) is 0 Å². The second kappa shape index (κ2) is 6.75. The minimum absolute atomic E-state index is 0.00309. The minimum Gasteiger partial charge on any atom is -0.463 e. The zero-order chi connectivity index (χ0) is 20.7. The number of hydrogen-bond acceptors (Lipinski definition) is 5. The van der Waals surface area contributed by atoms with Crippen molar-refractivity contribution < 1.29 is 37.4 Å². The van der Waals surface area contributed by atoms with Gasteiger partial charge in [-0.1, -0.05) is 24.3 Å². The summed E-state index contributed by atoms with van der Waals surface area (Å²) < 4.78 is 44.6. The number of alkyl halides is 3. The topological polar surface area (TPSA) is 83.9 Å². The molecular formula is C19H14F3NO5.